The van der Waals surface area contributed by atoms with Crippen molar-refractivity contribution in [3.05, 3.63) is 101 Å². The van der Waals surface area contributed by atoms with E-state index in [4.69, 9.17) is 14.2 Å². The molecule has 198 valence electrons. The number of alkyl carbamates (subject to hydrolysis) is 1. The van der Waals surface area contributed by atoms with Crippen LogP contribution in [0.25, 0.3) is 0 Å². The molecule has 3 aromatic rings. The summed E-state index contributed by atoms with van der Waals surface area (Å²) in [7, 11) is 0. The van der Waals surface area contributed by atoms with Crippen LogP contribution in [-0.4, -0.2) is 49.3 Å². The lowest BCUT2D eigenvalue weighted by Crippen LogP contribution is -2.52. The first kappa shape index (κ1) is 25.8. The van der Waals surface area contributed by atoms with Crippen LogP contribution in [0.3, 0.4) is 0 Å². The quantitative estimate of drug-likeness (QED) is 0.388. The Morgan fingerprint density at radius 2 is 1.68 bits per heavy atom. The Kier molecular flexibility index (Phi) is 8.24. The number of carbonyl (C=O) groups is 2. The molecular weight excluding hydrogens is 480 g/mol. The third kappa shape index (κ3) is 6.34. The van der Waals surface area contributed by atoms with Gasteiger partial charge in [0.1, 0.15) is 18.5 Å². The van der Waals surface area contributed by atoms with Gasteiger partial charge in [0, 0.05) is 6.54 Å². The molecule has 3 aliphatic heterocycles. The zero-order valence-electron chi connectivity index (χ0n) is 21.7. The maximum atomic E-state index is 13.0. The van der Waals surface area contributed by atoms with Crippen LogP contribution >= 0.6 is 0 Å². The van der Waals surface area contributed by atoms with Gasteiger partial charge in [-0.1, -0.05) is 54.6 Å². The summed E-state index contributed by atoms with van der Waals surface area (Å²) in [5, 5.41) is 3.11. The summed E-state index contributed by atoms with van der Waals surface area (Å²) in [6, 6.07) is 24.4. The van der Waals surface area contributed by atoms with Crippen molar-refractivity contribution in [2.75, 3.05) is 26.2 Å². The molecule has 3 saturated heterocycles. The molecule has 0 aliphatic carbocycles. The number of nitrogens with one attached hydrogen (secondary N) is 1. The summed E-state index contributed by atoms with van der Waals surface area (Å²) in [6.07, 6.45) is 1.72. The average molecular weight is 515 g/mol. The van der Waals surface area contributed by atoms with E-state index in [0.29, 0.717) is 30.4 Å². The van der Waals surface area contributed by atoms with E-state index in [1.807, 2.05) is 66.7 Å². The van der Waals surface area contributed by atoms with Crippen LogP contribution in [-0.2, 0) is 16.1 Å². The van der Waals surface area contributed by atoms with Gasteiger partial charge >= 0.3 is 12.1 Å². The van der Waals surface area contributed by atoms with E-state index in [1.54, 1.807) is 19.1 Å². The minimum Gasteiger partial charge on any atom is -0.489 e. The molecule has 7 nitrogen and oxygen atoms in total. The SMILES string of the molecule is CCOC(=O)c1ccc(COc2cccc([C@@H](NC(=O)O[C@H]3CN4CCC3CC4)c3ccccc3)c2)cc1. The van der Waals surface area contributed by atoms with Crippen LogP contribution in [0.2, 0.25) is 0 Å². The third-order valence-corrected chi connectivity index (χ3v) is 7.31. The maximum Gasteiger partial charge on any atom is 0.408 e. The van der Waals surface area contributed by atoms with Gasteiger partial charge in [0.25, 0.3) is 0 Å². The van der Waals surface area contributed by atoms with Gasteiger partial charge < -0.3 is 19.5 Å². The minimum absolute atomic E-state index is 0.0567. The Labute approximate surface area is 223 Å². The first-order valence-electron chi connectivity index (χ1n) is 13.3. The molecule has 0 radical (unpaired) electrons. The van der Waals surface area contributed by atoms with Gasteiger partial charge in [-0.25, -0.2) is 9.59 Å². The highest BCUT2D eigenvalue weighted by Crippen LogP contribution is 2.30. The Balaban J connectivity index is 1.26. The average Bonchev–Trinajstić information content (AvgIpc) is 2.96. The van der Waals surface area contributed by atoms with Crippen LogP contribution in [0, 0.1) is 5.92 Å². The lowest BCUT2D eigenvalue weighted by Gasteiger charge is -2.43. The normalized spacial score (nSPS) is 20.8. The summed E-state index contributed by atoms with van der Waals surface area (Å²) < 4.78 is 17.0. The van der Waals surface area contributed by atoms with Gasteiger partial charge in [-0.3, -0.25) is 4.90 Å². The Bertz CT molecular complexity index is 1220. The number of fused-ring (bicyclic) bond motifs is 3. The molecule has 6 rings (SSSR count). The van der Waals surface area contributed by atoms with E-state index in [-0.39, 0.29) is 18.1 Å². The molecule has 1 N–H and O–H groups in total. The second kappa shape index (κ2) is 12.1. The van der Waals surface area contributed by atoms with Gasteiger partial charge in [0.05, 0.1) is 18.2 Å². The zero-order chi connectivity index (χ0) is 26.3. The van der Waals surface area contributed by atoms with Gasteiger partial charge in [-0.15, -0.1) is 0 Å². The number of carbonyl (C=O) groups excluding carboxylic acids is 2. The first-order chi connectivity index (χ1) is 18.6. The monoisotopic (exact) mass is 514 g/mol. The molecule has 1 amide bonds. The molecule has 0 spiro atoms. The van der Waals surface area contributed by atoms with Crippen molar-refractivity contribution >= 4 is 12.1 Å². The maximum absolute atomic E-state index is 13.0. The fourth-order valence-electron chi connectivity index (χ4n) is 5.24. The minimum atomic E-state index is -0.398. The van der Waals surface area contributed by atoms with Crippen molar-refractivity contribution in [2.24, 2.45) is 5.92 Å². The molecule has 3 fully saturated rings. The Hall–Kier alpha value is -3.84. The van der Waals surface area contributed by atoms with E-state index in [2.05, 4.69) is 10.2 Å². The van der Waals surface area contributed by atoms with Crippen LogP contribution in [0.15, 0.2) is 78.9 Å². The van der Waals surface area contributed by atoms with Crippen molar-refractivity contribution in [3.8, 4) is 5.75 Å². The molecule has 2 atom stereocenters. The standard InChI is InChI=1S/C31H34N2O5/c1-2-36-30(34)25-13-11-22(12-14-25)21-37-27-10-6-9-26(19-27)29(24-7-4-3-5-8-24)32-31(35)38-28-20-33-17-15-23(28)16-18-33/h3-14,19,23,28-29H,2,15-18,20-21H2,1H3,(H,32,35)/t28-,29-/m0/s1. The van der Waals surface area contributed by atoms with Crippen molar-refractivity contribution in [3.63, 3.8) is 0 Å². The largest absolute Gasteiger partial charge is 0.489 e. The molecule has 0 aromatic heterocycles. The summed E-state index contributed by atoms with van der Waals surface area (Å²) in [5.74, 6) is 0.800. The second-order valence-corrected chi connectivity index (χ2v) is 9.85. The van der Waals surface area contributed by atoms with Gasteiger partial charge in [0.2, 0.25) is 0 Å². The predicted molar refractivity (Wildman–Crippen MR) is 144 cm³/mol. The van der Waals surface area contributed by atoms with Gasteiger partial charge in [-0.05, 0) is 79.7 Å². The number of hydrogen-bond donors (Lipinski definition) is 1. The van der Waals surface area contributed by atoms with Crippen molar-refractivity contribution in [1.29, 1.82) is 0 Å². The fourth-order valence-corrected chi connectivity index (χ4v) is 5.24. The molecule has 3 aromatic carbocycles. The molecule has 0 saturated carbocycles. The van der Waals surface area contributed by atoms with E-state index in [0.717, 1.165) is 49.2 Å². The number of hydrogen-bond acceptors (Lipinski definition) is 6. The van der Waals surface area contributed by atoms with Crippen LogP contribution in [0.1, 0.15) is 52.9 Å². The number of nitrogens with zero attached hydrogens (tertiary/aromatic N) is 1. The van der Waals surface area contributed by atoms with E-state index in [9.17, 15) is 9.59 Å². The lowest BCUT2D eigenvalue weighted by atomic mass is 9.86. The zero-order valence-corrected chi connectivity index (χ0v) is 21.7. The number of piperidine rings is 3. The van der Waals surface area contributed by atoms with Crippen molar-refractivity contribution < 1.29 is 23.8 Å². The summed E-state index contributed by atoms with van der Waals surface area (Å²) in [5.41, 5.74) is 3.31. The molecule has 2 bridgehead atoms. The van der Waals surface area contributed by atoms with Crippen LogP contribution in [0.4, 0.5) is 4.79 Å². The molecule has 3 aliphatic rings. The summed E-state index contributed by atoms with van der Waals surface area (Å²) >= 11 is 0. The highest BCUT2D eigenvalue weighted by atomic mass is 16.6. The van der Waals surface area contributed by atoms with E-state index >= 15 is 0 Å². The van der Waals surface area contributed by atoms with Gasteiger partial charge in [-0.2, -0.15) is 0 Å². The van der Waals surface area contributed by atoms with Gasteiger partial charge in [0.15, 0.2) is 0 Å². The first-order valence-corrected chi connectivity index (χ1v) is 13.3. The highest BCUT2D eigenvalue weighted by molar-refractivity contribution is 5.89. The van der Waals surface area contributed by atoms with Crippen LogP contribution in [0.5, 0.6) is 5.75 Å². The molecule has 7 heteroatoms. The predicted octanol–water partition coefficient (Wildman–Crippen LogP) is 5.35. The summed E-state index contributed by atoms with van der Waals surface area (Å²) in [6.45, 7) is 5.49. The smallest absolute Gasteiger partial charge is 0.408 e. The Morgan fingerprint density at radius 1 is 0.947 bits per heavy atom. The number of rotatable bonds is 9. The van der Waals surface area contributed by atoms with E-state index in [1.165, 1.54) is 0 Å². The number of benzene rings is 3. The lowest BCUT2D eigenvalue weighted by molar-refractivity contribution is -0.0336. The number of ether oxygens (including phenoxy) is 3. The topological polar surface area (TPSA) is 77.1 Å². The second-order valence-electron chi connectivity index (χ2n) is 9.85. The Morgan fingerprint density at radius 3 is 2.37 bits per heavy atom. The summed E-state index contributed by atoms with van der Waals surface area (Å²) in [4.78, 5) is 27.3. The highest BCUT2D eigenvalue weighted by Gasteiger charge is 2.36. The van der Waals surface area contributed by atoms with E-state index < -0.39 is 6.09 Å². The molecule has 3 heterocycles. The molecule has 0 unspecified atom stereocenters. The van der Waals surface area contributed by atoms with Crippen molar-refractivity contribution in [2.45, 2.75) is 38.5 Å². The van der Waals surface area contributed by atoms with Crippen LogP contribution < -0.4 is 10.1 Å². The number of amides is 1. The van der Waals surface area contributed by atoms with Crippen molar-refractivity contribution in [1.82, 2.24) is 10.2 Å². The fraction of sp³-hybridized carbons (Fsp3) is 0.355. The molecular formula is C31H34N2O5. The number of esters is 1. The third-order valence-electron chi connectivity index (χ3n) is 7.31. The molecule has 38 heavy (non-hydrogen) atoms.